The number of aromatic nitrogens is 2. The number of benzene rings is 3. The average molecular weight is 721 g/mol. The Morgan fingerprint density at radius 3 is 2.36 bits per heavy atom. The molecule has 0 unspecified atom stereocenters. The number of H-pyrrole nitrogens is 1. The molecule has 1 fully saturated rings. The number of urea groups is 1. The van der Waals surface area contributed by atoms with Crippen molar-refractivity contribution < 1.29 is 24.5 Å². The van der Waals surface area contributed by atoms with Gasteiger partial charge in [-0.25, -0.2) is 9.78 Å². The number of carbonyl (C=O) groups is 2. The molecule has 0 saturated carbocycles. The van der Waals surface area contributed by atoms with Gasteiger partial charge in [0, 0.05) is 15.1 Å². The van der Waals surface area contributed by atoms with Gasteiger partial charge in [-0.2, -0.15) is 0 Å². The summed E-state index contributed by atoms with van der Waals surface area (Å²) >= 11 is 15.3. The van der Waals surface area contributed by atoms with Gasteiger partial charge in [-0.3, -0.25) is 9.69 Å². The van der Waals surface area contributed by atoms with Crippen LogP contribution in [-0.4, -0.2) is 56.3 Å². The summed E-state index contributed by atoms with van der Waals surface area (Å²) in [7, 11) is 0. The van der Waals surface area contributed by atoms with Crippen LogP contribution in [0.25, 0.3) is 11.3 Å². The number of aliphatic hydroxyl groups excluding tert-OH is 2. The number of hydrogen-bond acceptors (Lipinski definition) is 6. The maximum atomic E-state index is 13.9. The standard InChI is InChI=1S/C30H27Cl2IN4O5/c1-16(17-5-3-2-4-6-17)26(28-34-25(27(32)36-28)22-12-9-19(33)13-23(22)31)37-29(40)24(35-30(37)41)18-7-10-20(11-8-18)42-21(14-38)15-39/h2-13,16,21,24,26,38-39H,14-15H2,1H3,(H,34,36)(H,35,41)/t16-,24-,26+/m1/s1. The second-order valence-corrected chi connectivity index (χ2v) is 11.8. The summed E-state index contributed by atoms with van der Waals surface area (Å²) in [5.41, 5.74) is 2.58. The zero-order chi connectivity index (χ0) is 30.0. The van der Waals surface area contributed by atoms with Gasteiger partial charge in [0.25, 0.3) is 5.91 Å². The second-order valence-electron chi connectivity index (χ2n) is 9.82. The zero-order valence-electron chi connectivity index (χ0n) is 22.3. The number of halogens is 3. The van der Waals surface area contributed by atoms with Crippen molar-refractivity contribution in [3.8, 4) is 17.0 Å². The Morgan fingerprint density at radius 1 is 1.02 bits per heavy atom. The first kappa shape index (κ1) is 30.3. The largest absolute Gasteiger partial charge is 0.486 e. The first-order valence-corrected chi connectivity index (χ1v) is 14.9. The van der Waals surface area contributed by atoms with Gasteiger partial charge in [-0.1, -0.05) is 78.7 Å². The van der Waals surface area contributed by atoms with Crippen LogP contribution in [-0.2, 0) is 4.79 Å². The number of imide groups is 1. The van der Waals surface area contributed by atoms with Crippen LogP contribution in [0.5, 0.6) is 5.75 Å². The molecule has 0 spiro atoms. The summed E-state index contributed by atoms with van der Waals surface area (Å²) in [5.74, 6) is -0.0611. The Balaban J connectivity index is 1.51. The molecule has 0 bridgehead atoms. The summed E-state index contributed by atoms with van der Waals surface area (Å²) in [6, 6.07) is 19.3. The van der Waals surface area contributed by atoms with Crippen molar-refractivity contribution in [2.24, 2.45) is 0 Å². The van der Waals surface area contributed by atoms with Crippen LogP contribution in [0.1, 0.15) is 41.9 Å². The number of hydrogen-bond donors (Lipinski definition) is 4. The van der Waals surface area contributed by atoms with Crippen LogP contribution >= 0.6 is 45.8 Å². The number of carbonyl (C=O) groups excluding carboxylic acids is 2. The van der Waals surface area contributed by atoms with Crippen LogP contribution in [0.15, 0.2) is 72.8 Å². The van der Waals surface area contributed by atoms with Crippen LogP contribution in [0, 0.1) is 3.57 Å². The molecule has 12 heteroatoms. The number of imidazole rings is 1. The third kappa shape index (κ3) is 6.13. The van der Waals surface area contributed by atoms with E-state index in [0.29, 0.717) is 33.4 Å². The maximum absolute atomic E-state index is 13.9. The van der Waals surface area contributed by atoms with Crippen molar-refractivity contribution in [3.63, 3.8) is 0 Å². The minimum Gasteiger partial charge on any atom is -0.486 e. The first-order chi connectivity index (χ1) is 20.2. The van der Waals surface area contributed by atoms with E-state index in [9.17, 15) is 19.8 Å². The summed E-state index contributed by atoms with van der Waals surface area (Å²) in [6.07, 6.45) is -0.765. The third-order valence-electron chi connectivity index (χ3n) is 7.13. The molecule has 3 aromatic carbocycles. The summed E-state index contributed by atoms with van der Waals surface area (Å²) in [6.45, 7) is 1.23. The molecule has 0 radical (unpaired) electrons. The van der Waals surface area contributed by atoms with E-state index >= 15 is 0 Å². The predicted octanol–water partition coefficient (Wildman–Crippen LogP) is 5.86. The SMILES string of the molecule is C[C@H](c1ccccc1)[C@@H](c1nc(Cl)c(-c2ccc(I)cc2Cl)[nH]1)N1C(=O)N[C@H](c2ccc(OC(CO)CO)cc2)C1=O. The van der Waals surface area contributed by atoms with Crippen molar-refractivity contribution in [2.75, 3.05) is 13.2 Å². The normalized spacial score (nSPS) is 16.5. The highest BCUT2D eigenvalue weighted by Gasteiger charge is 2.46. The number of aromatic amines is 1. The quantitative estimate of drug-likeness (QED) is 0.120. The van der Waals surface area contributed by atoms with Crippen LogP contribution in [0.4, 0.5) is 4.79 Å². The van der Waals surface area contributed by atoms with E-state index in [-0.39, 0.29) is 24.3 Å². The number of amides is 3. The van der Waals surface area contributed by atoms with Gasteiger partial charge in [-0.05, 0) is 58.0 Å². The average Bonchev–Trinajstić information content (AvgIpc) is 3.51. The van der Waals surface area contributed by atoms with Gasteiger partial charge in [-0.15, -0.1) is 0 Å². The molecule has 3 amide bonds. The highest BCUT2D eigenvalue weighted by Crippen LogP contribution is 2.41. The van der Waals surface area contributed by atoms with Gasteiger partial charge in [0.2, 0.25) is 0 Å². The number of ether oxygens (including phenoxy) is 1. The van der Waals surface area contributed by atoms with Gasteiger partial charge in [0.1, 0.15) is 29.8 Å². The van der Waals surface area contributed by atoms with E-state index in [4.69, 9.17) is 27.9 Å². The molecular formula is C30H27Cl2IN4O5. The molecule has 1 aliphatic rings. The lowest BCUT2D eigenvalue weighted by Gasteiger charge is -2.29. The van der Waals surface area contributed by atoms with E-state index in [1.54, 1.807) is 24.3 Å². The first-order valence-electron chi connectivity index (χ1n) is 13.1. The summed E-state index contributed by atoms with van der Waals surface area (Å²) in [4.78, 5) is 36.4. The van der Waals surface area contributed by atoms with Crippen molar-refractivity contribution in [2.45, 2.75) is 31.0 Å². The maximum Gasteiger partial charge on any atom is 0.325 e. The van der Waals surface area contributed by atoms with Gasteiger partial charge in [0.15, 0.2) is 5.15 Å². The lowest BCUT2D eigenvalue weighted by atomic mass is 9.91. The third-order valence-corrected chi connectivity index (χ3v) is 8.39. The van der Waals surface area contributed by atoms with E-state index in [1.807, 2.05) is 55.5 Å². The van der Waals surface area contributed by atoms with Crippen molar-refractivity contribution in [1.82, 2.24) is 20.2 Å². The predicted molar refractivity (Wildman–Crippen MR) is 168 cm³/mol. The van der Waals surface area contributed by atoms with Crippen LogP contribution in [0.3, 0.4) is 0 Å². The molecule has 42 heavy (non-hydrogen) atoms. The summed E-state index contributed by atoms with van der Waals surface area (Å²) in [5, 5.41) is 22.0. The number of nitrogens with one attached hydrogen (secondary N) is 2. The molecule has 0 aliphatic carbocycles. The Kier molecular flexibility index (Phi) is 9.38. The molecule has 4 N–H and O–H groups in total. The van der Waals surface area contributed by atoms with Gasteiger partial charge >= 0.3 is 6.03 Å². The van der Waals surface area contributed by atoms with Gasteiger partial charge in [0.05, 0.1) is 23.9 Å². The molecule has 1 aliphatic heterocycles. The Labute approximate surface area is 266 Å². The van der Waals surface area contributed by atoms with Crippen LogP contribution in [0.2, 0.25) is 10.2 Å². The number of nitrogens with zero attached hydrogens (tertiary/aromatic N) is 2. The highest BCUT2D eigenvalue weighted by atomic mass is 127. The molecule has 218 valence electrons. The molecule has 9 nitrogen and oxygen atoms in total. The minimum absolute atomic E-state index is 0.168. The fourth-order valence-electron chi connectivity index (χ4n) is 4.95. The molecule has 2 heterocycles. The zero-order valence-corrected chi connectivity index (χ0v) is 26.0. The van der Waals surface area contributed by atoms with Crippen LogP contribution < -0.4 is 10.1 Å². The Bertz CT molecular complexity index is 1580. The van der Waals surface area contributed by atoms with E-state index < -0.39 is 30.1 Å². The minimum atomic E-state index is -0.945. The second kappa shape index (κ2) is 13.0. The molecular weight excluding hydrogens is 694 g/mol. The fourth-order valence-corrected chi connectivity index (χ4v) is 6.14. The van der Waals surface area contributed by atoms with Crippen molar-refractivity contribution >= 4 is 57.7 Å². The monoisotopic (exact) mass is 720 g/mol. The molecule has 3 atom stereocenters. The Hall–Kier alpha value is -3.16. The summed E-state index contributed by atoms with van der Waals surface area (Å²) < 4.78 is 6.48. The van der Waals surface area contributed by atoms with E-state index in [0.717, 1.165) is 9.13 Å². The smallest absolute Gasteiger partial charge is 0.325 e. The van der Waals surface area contributed by atoms with Crippen molar-refractivity contribution in [1.29, 1.82) is 0 Å². The molecule has 5 rings (SSSR count). The van der Waals surface area contributed by atoms with Crippen molar-refractivity contribution in [3.05, 3.63) is 103 Å². The Morgan fingerprint density at radius 2 is 1.71 bits per heavy atom. The highest BCUT2D eigenvalue weighted by molar-refractivity contribution is 14.1. The lowest BCUT2D eigenvalue weighted by molar-refractivity contribution is -0.129. The number of aliphatic hydroxyl groups is 2. The topological polar surface area (TPSA) is 128 Å². The van der Waals surface area contributed by atoms with Gasteiger partial charge < -0.3 is 25.3 Å². The molecule has 1 aromatic heterocycles. The molecule has 4 aromatic rings. The number of rotatable bonds is 10. The lowest BCUT2D eigenvalue weighted by Crippen LogP contribution is -2.38. The fraction of sp³-hybridized carbons (Fsp3) is 0.233. The molecule has 1 saturated heterocycles. The van der Waals surface area contributed by atoms with E-state index in [1.165, 1.54) is 4.90 Å². The van der Waals surface area contributed by atoms with E-state index in [2.05, 4.69) is 37.9 Å².